The Morgan fingerprint density at radius 1 is 1.47 bits per heavy atom. The number of rotatable bonds is 3. The van der Waals surface area contributed by atoms with Gasteiger partial charge in [0.1, 0.15) is 5.82 Å². The van der Waals surface area contributed by atoms with E-state index in [0.717, 1.165) is 30.3 Å². The lowest BCUT2D eigenvalue weighted by molar-refractivity contribution is 0.000508. The Labute approximate surface area is 109 Å². The normalized spacial score (nSPS) is 22.4. The quantitative estimate of drug-likeness (QED) is 0.931. The van der Waals surface area contributed by atoms with Crippen molar-refractivity contribution in [3.05, 3.63) is 34.1 Å². The van der Waals surface area contributed by atoms with Crippen molar-refractivity contribution in [2.24, 2.45) is 5.73 Å². The van der Waals surface area contributed by atoms with Crippen LogP contribution in [0.3, 0.4) is 0 Å². The molecule has 0 aliphatic carbocycles. The zero-order valence-corrected chi connectivity index (χ0v) is 11.2. The molecule has 17 heavy (non-hydrogen) atoms. The highest BCUT2D eigenvalue weighted by Crippen LogP contribution is 2.21. The summed E-state index contributed by atoms with van der Waals surface area (Å²) >= 11 is 3.34. The van der Waals surface area contributed by atoms with Crippen LogP contribution in [0.25, 0.3) is 0 Å². The Bertz CT molecular complexity index is 380. The molecular formula is C13H17BrFNO. The third-order valence-corrected chi connectivity index (χ3v) is 3.65. The fraction of sp³-hybridized carbons (Fsp3) is 0.538. The topological polar surface area (TPSA) is 35.2 Å². The van der Waals surface area contributed by atoms with E-state index in [1.54, 1.807) is 12.1 Å². The summed E-state index contributed by atoms with van der Waals surface area (Å²) in [6.45, 7) is 0.777. The van der Waals surface area contributed by atoms with Crippen LogP contribution in [0.15, 0.2) is 22.7 Å². The van der Waals surface area contributed by atoms with Crippen molar-refractivity contribution in [2.45, 2.75) is 37.8 Å². The van der Waals surface area contributed by atoms with Gasteiger partial charge in [-0.15, -0.1) is 0 Å². The van der Waals surface area contributed by atoms with Gasteiger partial charge in [0.25, 0.3) is 0 Å². The van der Waals surface area contributed by atoms with Crippen molar-refractivity contribution in [2.75, 3.05) is 6.61 Å². The third kappa shape index (κ3) is 3.50. The van der Waals surface area contributed by atoms with Gasteiger partial charge in [-0.05, 0) is 49.4 Å². The molecule has 4 heteroatoms. The Morgan fingerprint density at radius 3 is 3.00 bits per heavy atom. The van der Waals surface area contributed by atoms with E-state index in [9.17, 15) is 4.39 Å². The molecule has 0 spiro atoms. The predicted molar refractivity (Wildman–Crippen MR) is 69.4 cm³/mol. The predicted octanol–water partition coefficient (Wildman–Crippen LogP) is 3.03. The fourth-order valence-electron chi connectivity index (χ4n) is 2.19. The average molecular weight is 302 g/mol. The lowest BCUT2D eigenvalue weighted by Gasteiger charge is -2.28. The molecule has 2 atom stereocenters. The highest BCUT2D eigenvalue weighted by Gasteiger charge is 2.22. The van der Waals surface area contributed by atoms with Crippen LogP contribution in [0.2, 0.25) is 0 Å². The molecule has 1 aromatic rings. The molecule has 0 bridgehead atoms. The third-order valence-electron chi connectivity index (χ3n) is 3.16. The van der Waals surface area contributed by atoms with E-state index in [0.29, 0.717) is 12.0 Å². The van der Waals surface area contributed by atoms with Crippen molar-refractivity contribution >= 4 is 15.9 Å². The summed E-state index contributed by atoms with van der Waals surface area (Å²) in [5.74, 6) is -0.195. The minimum atomic E-state index is -0.195. The largest absolute Gasteiger partial charge is 0.377 e. The number of ether oxygens (including phenoxy) is 1. The van der Waals surface area contributed by atoms with Gasteiger partial charge in [0.15, 0.2) is 0 Å². The van der Waals surface area contributed by atoms with Crippen molar-refractivity contribution < 1.29 is 9.13 Å². The van der Waals surface area contributed by atoms with Crippen LogP contribution in [-0.2, 0) is 11.2 Å². The van der Waals surface area contributed by atoms with E-state index < -0.39 is 0 Å². The summed E-state index contributed by atoms with van der Waals surface area (Å²) in [6, 6.07) is 4.83. The first-order valence-electron chi connectivity index (χ1n) is 5.98. The molecule has 1 aromatic carbocycles. The van der Waals surface area contributed by atoms with Crippen LogP contribution < -0.4 is 5.73 Å². The summed E-state index contributed by atoms with van der Waals surface area (Å²) < 4.78 is 20.1. The van der Waals surface area contributed by atoms with Gasteiger partial charge >= 0.3 is 0 Å². The number of benzene rings is 1. The van der Waals surface area contributed by atoms with E-state index in [2.05, 4.69) is 15.9 Å². The molecule has 0 aromatic heterocycles. The van der Waals surface area contributed by atoms with Gasteiger partial charge in [0, 0.05) is 17.1 Å². The molecule has 1 fully saturated rings. The second kappa shape index (κ2) is 5.94. The highest BCUT2D eigenvalue weighted by molar-refractivity contribution is 9.10. The monoisotopic (exact) mass is 301 g/mol. The van der Waals surface area contributed by atoms with Gasteiger partial charge in [0.05, 0.1) is 6.10 Å². The molecule has 1 heterocycles. The molecule has 2 rings (SSSR count). The van der Waals surface area contributed by atoms with Gasteiger partial charge in [-0.25, -0.2) is 4.39 Å². The van der Waals surface area contributed by atoms with Crippen LogP contribution in [0.4, 0.5) is 4.39 Å². The van der Waals surface area contributed by atoms with E-state index in [1.165, 1.54) is 6.07 Å². The minimum absolute atomic E-state index is 0.0714. The first-order valence-corrected chi connectivity index (χ1v) is 6.77. The molecule has 2 N–H and O–H groups in total. The molecule has 0 saturated carbocycles. The molecule has 2 unspecified atom stereocenters. The Kier molecular flexibility index (Phi) is 4.54. The molecule has 0 amide bonds. The molecule has 2 nitrogen and oxygen atoms in total. The summed E-state index contributed by atoms with van der Waals surface area (Å²) in [6.07, 6.45) is 3.84. The zero-order chi connectivity index (χ0) is 12.3. The molecular weight excluding hydrogens is 285 g/mol. The zero-order valence-electron chi connectivity index (χ0n) is 9.66. The van der Waals surface area contributed by atoms with Crippen LogP contribution in [0.5, 0.6) is 0 Å². The minimum Gasteiger partial charge on any atom is -0.377 e. The summed E-state index contributed by atoms with van der Waals surface area (Å²) in [7, 11) is 0. The maximum atomic E-state index is 13.6. The first kappa shape index (κ1) is 13.0. The van der Waals surface area contributed by atoms with Crippen LogP contribution in [0.1, 0.15) is 24.8 Å². The van der Waals surface area contributed by atoms with E-state index in [1.807, 2.05) is 0 Å². The molecule has 94 valence electrons. The van der Waals surface area contributed by atoms with E-state index >= 15 is 0 Å². The SMILES string of the molecule is NC(Cc1cc(Br)ccc1F)C1CCCCO1. The van der Waals surface area contributed by atoms with E-state index in [4.69, 9.17) is 10.5 Å². The maximum absolute atomic E-state index is 13.6. The second-order valence-corrected chi connectivity index (χ2v) is 5.42. The van der Waals surface area contributed by atoms with Crippen molar-refractivity contribution in [1.82, 2.24) is 0 Å². The van der Waals surface area contributed by atoms with Gasteiger partial charge in [-0.2, -0.15) is 0 Å². The van der Waals surface area contributed by atoms with Crippen molar-refractivity contribution in [1.29, 1.82) is 0 Å². The molecule has 1 saturated heterocycles. The number of hydrogen-bond acceptors (Lipinski definition) is 2. The second-order valence-electron chi connectivity index (χ2n) is 4.51. The van der Waals surface area contributed by atoms with Gasteiger partial charge in [0.2, 0.25) is 0 Å². The smallest absolute Gasteiger partial charge is 0.126 e. The van der Waals surface area contributed by atoms with Gasteiger partial charge in [-0.3, -0.25) is 0 Å². The summed E-state index contributed by atoms with van der Waals surface area (Å²) in [5.41, 5.74) is 6.75. The summed E-state index contributed by atoms with van der Waals surface area (Å²) in [5, 5.41) is 0. The van der Waals surface area contributed by atoms with Crippen molar-refractivity contribution in [3.8, 4) is 0 Å². The average Bonchev–Trinajstić information content (AvgIpc) is 2.35. The maximum Gasteiger partial charge on any atom is 0.126 e. The van der Waals surface area contributed by atoms with Crippen LogP contribution >= 0.6 is 15.9 Å². The number of hydrogen-bond donors (Lipinski definition) is 1. The molecule has 1 aliphatic heterocycles. The van der Waals surface area contributed by atoms with Crippen molar-refractivity contribution in [3.63, 3.8) is 0 Å². The standard InChI is InChI=1S/C13H17BrFNO/c14-10-4-5-11(15)9(7-10)8-12(16)13-3-1-2-6-17-13/h4-5,7,12-13H,1-3,6,8,16H2. The van der Waals surface area contributed by atoms with Crippen LogP contribution in [0, 0.1) is 5.82 Å². The molecule has 1 aliphatic rings. The van der Waals surface area contributed by atoms with Gasteiger partial charge in [-0.1, -0.05) is 15.9 Å². The Hall–Kier alpha value is -0.450. The van der Waals surface area contributed by atoms with E-state index in [-0.39, 0.29) is 18.0 Å². The number of nitrogens with two attached hydrogens (primary N) is 1. The lowest BCUT2D eigenvalue weighted by atomic mass is 9.96. The lowest BCUT2D eigenvalue weighted by Crippen LogP contribution is -2.40. The number of halogens is 2. The fourth-order valence-corrected chi connectivity index (χ4v) is 2.60. The molecule has 0 radical (unpaired) electrons. The Balaban J connectivity index is 2.01. The highest BCUT2D eigenvalue weighted by atomic mass is 79.9. The van der Waals surface area contributed by atoms with Crippen LogP contribution in [-0.4, -0.2) is 18.8 Å². The van der Waals surface area contributed by atoms with Gasteiger partial charge < -0.3 is 10.5 Å². The first-order chi connectivity index (χ1) is 8.16. The summed E-state index contributed by atoms with van der Waals surface area (Å²) in [4.78, 5) is 0. The Morgan fingerprint density at radius 2 is 2.29 bits per heavy atom.